The SMILES string of the molecule is COc1ccc([C@H]2C=C[C@@H](C(=O)O)C2)cc1. The van der Waals surface area contributed by atoms with Gasteiger partial charge in [0.15, 0.2) is 0 Å². The van der Waals surface area contributed by atoms with Crippen molar-refractivity contribution in [3.05, 3.63) is 42.0 Å². The van der Waals surface area contributed by atoms with Gasteiger partial charge in [0.25, 0.3) is 0 Å². The Morgan fingerprint density at radius 2 is 2.00 bits per heavy atom. The van der Waals surface area contributed by atoms with Gasteiger partial charge in [0.2, 0.25) is 0 Å². The van der Waals surface area contributed by atoms with Crippen molar-refractivity contribution in [3.63, 3.8) is 0 Å². The summed E-state index contributed by atoms with van der Waals surface area (Å²) in [7, 11) is 1.63. The van der Waals surface area contributed by atoms with Crippen molar-refractivity contribution in [2.45, 2.75) is 12.3 Å². The molecule has 0 saturated carbocycles. The number of benzene rings is 1. The van der Waals surface area contributed by atoms with Crippen molar-refractivity contribution in [2.75, 3.05) is 7.11 Å². The molecule has 2 rings (SSSR count). The first-order valence-corrected chi connectivity index (χ1v) is 5.26. The summed E-state index contributed by atoms with van der Waals surface area (Å²) < 4.78 is 5.08. The van der Waals surface area contributed by atoms with Crippen molar-refractivity contribution < 1.29 is 14.6 Å². The molecule has 0 spiro atoms. The second-order valence-corrected chi connectivity index (χ2v) is 3.94. The van der Waals surface area contributed by atoms with Crippen LogP contribution in [0.4, 0.5) is 0 Å². The van der Waals surface area contributed by atoms with Crippen LogP contribution in [0.3, 0.4) is 0 Å². The van der Waals surface area contributed by atoms with E-state index in [1.165, 1.54) is 0 Å². The van der Waals surface area contributed by atoms with Gasteiger partial charge in [-0.3, -0.25) is 4.79 Å². The fraction of sp³-hybridized carbons (Fsp3) is 0.308. The molecule has 16 heavy (non-hydrogen) atoms. The maximum absolute atomic E-state index is 10.8. The van der Waals surface area contributed by atoms with Crippen molar-refractivity contribution >= 4 is 5.97 Å². The van der Waals surface area contributed by atoms with Crippen molar-refractivity contribution in [1.29, 1.82) is 0 Å². The second kappa shape index (κ2) is 4.39. The smallest absolute Gasteiger partial charge is 0.310 e. The molecule has 1 N–H and O–H groups in total. The lowest BCUT2D eigenvalue weighted by Crippen LogP contribution is -2.09. The molecule has 0 fully saturated rings. The third kappa shape index (κ3) is 2.08. The normalized spacial score (nSPS) is 23.3. The maximum atomic E-state index is 10.8. The van der Waals surface area contributed by atoms with Gasteiger partial charge in [-0.2, -0.15) is 0 Å². The number of methoxy groups -OCH3 is 1. The van der Waals surface area contributed by atoms with E-state index in [-0.39, 0.29) is 11.8 Å². The molecule has 0 amide bonds. The zero-order valence-electron chi connectivity index (χ0n) is 9.09. The van der Waals surface area contributed by atoms with E-state index < -0.39 is 5.97 Å². The van der Waals surface area contributed by atoms with Crippen molar-refractivity contribution in [2.24, 2.45) is 5.92 Å². The Hall–Kier alpha value is -1.77. The van der Waals surface area contributed by atoms with Gasteiger partial charge in [-0.05, 0) is 24.1 Å². The Balaban J connectivity index is 2.09. The summed E-state index contributed by atoms with van der Waals surface area (Å²) in [4.78, 5) is 10.8. The highest BCUT2D eigenvalue weighted by molar-refractivity contribution is 5.73. The Labute approximate surface area is 94.4 Å². The minimum Gasteiger partial charge on any atom is -0.497 e. The molecule has 1 aromatic carbocycles. The summed E-state index contributed by atoms with van der Waals surface area (Å²) in [6, 6.07) is 7.77. The number of hydrogen-bond donors (Lipinski definition) is 1. The lowest BCUT2D eigenvalue weighted by molar-refractivity contribution is -0.140. The Kier molecular flexibility index (Phi) is 2.95. The van der Waals surface area contributed by atoms with Crippen LogP contribution in [0.2, 0.25) is 0 Å². The molecule has 1 aliphatic carbocycles. The number of carboxylic acid groups (broad SMARTS) is 1. The van der Waals surface area contributed by atoms with E-state index in [1.807, 2.05) is 30.3 Å². The molecule has 2 atom stereocenters. The van der Waals surface area contributed by atoms with Crippen LogP contribution in [0, 0.1) is 5.92 Å². The molecule has 0 radical (unpaired) electrons. The number of hydrogen-bond acceptors (Lipinski definition) is 2. The van der Waals surface area contributed by atoms with E-state index in [1.54, 1.807) is 13.2 Å². The number of rotatable bonds is 3. The third-order valence-corrected chi connectivity index (χ3v) is 2.94. The molecule has 0 saturated heterocycles. The Morgan fingerprint density at radius 1 is 1.31 bits per heavy atom. The molecule has 1 aromatic rings. The fourth-order valence-electron chi connectivity index (χ4n) is 1.98. The minimum atomic E-state index is -0.743. The van der Waals surface area contributed by atoms with E-state index in [9.17, 15) is 4.79 Å². The minimum absolute atomic E-state index is 0.215. The van der Waals surface area contributed by atoms with E-state index in [4.69, 9.17) is 9.84 Å². The fourth-order valence-corrected chi connectivity index (χ4v) is 1.98. The molecule has 0 unspecified atom stereocenters. The third-order valence-electron chi connectivity index (χ3n) is 2.94. The van der Waals surface area contributed by atoms with E-state index in [2.05, 4.69) is 0 Å². The Bertz CT molecular complexity index is 406. The van der Waals surface area contributed by atoms with E-state index in [0.29, 0.717) is 6.42 Å². The number of allylic oxidation sites excluding steroid dienone is 1. The first kappa shape index (κ1) is 10.7. The van der Waals surface area contributed by atoms with E-state index in [0.717, 1.165) is 11.3 Å². The monoisotopic (exact) mass is 218 g/mol. The molecular formula is C13H14O3. The number of aliphatic carboxylic acids is 1. The van der Waals surface area contributed by atoms with Crippen LogP contribution in [-0.2, 0) is 4.79 Å². The predicted molar refractivity (Wildman–Crippen MR) is 60.6 cm³/mol. The molecule has 3 nitrogen and oxygen atoms in total. The number of carboxylic acids is 1. The van der Waals surface area contributed by atoms with Crippen LogP contribution in [0.1, 0.15) is 17.9 Å². The van der Waals surface area contributed by atoms with Crippen molar-refractivity contribution in [3.8, 4) is 5.75 Å². The molecule has 1 aliphatic rings. The van der Waals surface area contributed by atoms with Crippen LogP contribution in [0.15, 0.2) is 36.4 Å². The second-order valence-electron chi connectivity index (χ2n) is 3.94. The predicted octanol–water partition coefficient (Wildman–Crippen LogP) is 2.44. The topological polar surface area (TPSA) is 46.5 Å². The van der Waals surface area contributed by atoms with Gasteiger partial charge >= 0.3 is 5.97 Å². The first-order valence-electron chi connectivity index (χ1n) is 5.26. The van der Waals surface area contributed by atoms with Gasteiger partial charge in [0.05, 0.1) is 13.0 Å². The quantitative estimate of drug-likeness (QED) is 0.792. The van der Waals surface area contributed by atoms with E-state index >= 15 is 0 Å². The van der Waals surface area contributed by atoms with Gasteiger partial charge in [0.1, 0.15) is 5.75 Å². The molecule has 84 valence electrons. The van der Waals surface area contributed by atoms with Gasteiger partial charge < -0.3 is 9.84 Å². The van der Waals surface area contributed by atoms with Gasteiger partial charge in [-0.15, -0.1) is 0 Å². The van der Waals surface area contributed by atoms with Gasteiger partial charge in [0, 0.05) is 5.92 Å². The molecule has 0 bridgehead atoms. The average Bonchev–Trinajstić information content (AvgIpc) is 2.78. The lowest BCUT2D eigenvalue weighted by atomic mass is 9.96. The van der Waals surface area contributed by atoms with Gasteiger partial charge in [-0.25, -0.2) is 0 Å². The van der Waals surface area contributed by atoms with Crippen LogP contribution in [0.5, 0.6) is 5.75 Å². The zero-order chi connectivity index (χ0) is 11.5. The largest absolute Gasteiger partial charge is 0.497 e. The standard InChI is InChI=1S/C13H14O3/c1-16-12-6-4-9(5-7-12)10-2-3-11(8-10)13(14)15/h2-7,10-11H,8H2,1H3,(H,14,15)/t10-,11+/m0/s1. The van der Waals surface area contributed by atoms with Crippen molar-refractivity contribution in [1.82, 2.24) is 0 Å². The molecule has 3 heteroatoms. The summed E-state index contributed by atoms with van der Waals surface area (Å²) in [5.74, 6) is -0.0492. The molecule has 0 heterocycles. The molecule has 0 aromatic heterocycles. The van der Waals surface area contributed by atoms with Crippen LogP contribution < -0.4 is 4.74 Å². The number of carbonyl (C=O) groups is 1. The molecule has 0 aliphatic heterocycles. The average molecular weight is 218 g/mol. The lowest BCUT2D eigenvalue weighted by Gasteiger charge is -2.10. The molecular weight excluding hydrogens is 204 g/mol. The highest BCUT2D eigenvalue weighted by atomic mass is 16.5. The Morgan fingerprint density at radius 3 is 2.50 bits per heavy atom. The van der Waals surface area contributed by atoms with Crippen LogP contribution in [-0.4, -0.2) is 18.2 Å². The summed E-state index contributed by atoms with van der Waals surface area (Å²) in [6.45, 7) is 0. The summed E-state index contributed by atoms with van der Waals surface area (Å²) >= 11 is 0. The van der Waals surface area contributed by atoms with Gasteiger partial charge in [-0.1, -0.05) is 24.3 Å². The summed E-state index contributed by atoms with van der Waals surface area (Å²) in [5.41, 5.74) is 1.14. The summed E-state index contributed by atoms with van der Waals surface area (Å²) in [6.07, 6.45) is 4.40. The zero-order valence-corrected chi connectivity index (χ0v) is 9.09. The van der Waals surface area contributed by atoms with Crippen LogP contribution >= 0.6 is 0 Å². The highest BCUT2D eigenvalue weighted by Crippen LogP contribution is 2.32. The highest BCUT2D eigenvalue weighted by Gasteiger charge is 2.25. The first-order chi connectivity index (χ1) is 7.70. The maximum Gasteiger partial charge on any atom is 0.310 e. The van der Waals surface area contributed by atoms with Crippen LogP contribution in [0.25, 0.3) is 0 Å². The number of ether oxygens (including phenoxy) is 1. The summed E-state index contributed by atoms with van der Waals surface area (Å²) in [5, 5.41) is 8.89.